The van der Waals surface area contributed by atoms with Gasteiger partial charge in [0.1, 0.15) is 12.1 Å². The van der Waals surface area contributed by atoms with Crippen molar-refractivity contribution in [1.29, 1.82) is 0 Å². The number of nitrogens with one attached hydrogen (secondary N) is 2. The molecule has 0 radical (unpaired) electrons. The van der Waals surface area contributed by atoms with E-state index in [0.717, 1.165) is 21.6 Å². The number of aliphatic hydroxyl groups is 1. The Morgan fingerprint density at radius 2 is 1.57 bits per heavy atom. The molecule has 236 valence electrons. The molecule has 0 aliphatic rings. The van der Waals surface area contributed by atoms with Crippen LogP contribution in [-0.2, 0) is 27.2 Å². The third kappa shape index (κ3) is 10.1. The maximum atomic E-state index is 14.2. The molecule has 0 spiro atoms. The monoisotopic (exact) mass is 618 g/mol. The van der Waals surface area contributed by atoms with Gasteiger partial charge in [0.2, 0.25) is 17.7 Å². The van der Waals surface area contributed by atoms with Crippen molar-refractivity contribution >= 4 is 29.1 Å². The van der Waals surface area contributed by atoms with Gasteiger partial charge in [-0.05, 0) is 68.5 Å². The van der Waals surface area contributed by atoms with Crippen LogP contribution in [-0.4, -0.2) is 84.0 Å². The second kappa shape index (κ2) is 16.3. The molecule has 3 N–H and O–H groups in total. The highest BCUT2D eigenvalue weighted by atomic mass is 32.1. The largest absolute Gasteiger partial charge is 0.392 e. The predicted molar refractivity (Wildman–Crippen MR) is 178 cm³/mol. The topological polar surface area (TPSA) is 102 Å². The SMILES string of the molecule is CNC(C)(C)C/C=C/C(=O)N(C)[C@H](Cc1ccc(-c2ccccc2)cc1)C(=O)N(C)[C@H](Cc1cccs1)C(=O)NC[C@@H](C)O. The van der Waals surface area contributed by atoms with Crippen LogP contribution in [0.4, 0.5) is 0 Å². The lowest BCUT2D eigenvalue weighted by atomic mass is 9.98. The standard InChI is InChI=1S/C35H46N4O4S/c1-25(40)24-37-33(42)30(23-29-14-11-21-44-29)39(6)34(43)31(38(5)32(41)15-10-20-35(2,3)36-4)22-26-16-18-28(19-17-26)27-12-8-7-9-13-27/h7-19,21,25,30-31,36,40H,20,22-24H2,1-6H3,(H,37,42)/b15-10+/t25-,30-,31-/m1/s1. The van der Waals surface area contributed by atoms with E-state index in [1.54, 1.807) is 21.0 Å². The van der Waals surface area contributed by atoms with Gasteiger partial charge in [-0.1, -0.05) is 66.7 Å². The molecule has 3 atom stereocenters. The molecule has 1 heterocycles. The van der Waals surface area contributed by atoms with Crippen molar-refractivity contribution in [3.8, 4) is 11.1 Å². The van der Waals surface area contributed by atoms with E-state index in [2.05, 4.69) is 10.6 Å². The first-order valence-corrected chi connectivity index (χ1v) is 15.8. The van der Waals surface area contributed by atoms with Crippen molar-refractivity contribution in [2.24, 2.45) is 0 Å². The minimum Gasteiger partial charge on any atom is -0.392 e. The number of aliphatic hydroxyl groups excluding tert-OH is 1. The van der Waals surface area contributed by atoms with E-state index in [1.165, 1.54) is 27.2 Å². The summed E-state index contributed by atoms with van der Waals surface area (Å²) >= 11 is 1.51. The van der Waals surface area contributed by atoms with E-state index < -0.39 is 18.2 Å². The molecular weight excluding hydrogens is 572 g/mol. The Balaban J connectivity index is 1.91. The number of hydrogen-bond acceptors (Lipinski definition) is 6. The Labute approximate surface area is 265 Å². The summed E-state index contributed by atoms with van der Waals surface area (Å²) in [6, 6.07) is 20.2. The molecule has 8 nitrogen and oxygen atoms in total. The fraction of sp³-hybridized carbons (Fsp3) is 0.400. The quantitative estimate of drug-likeness (QED) is 0.221. The van der Waals surface area contributed by atoms with Crippen molar-refractivity contribution in [1.82, 2.24) is 20.4 Å². The maximum absolute atomic E-state index is 14.2. The average molecular weight is 619 g/mol. The minimum absolute atomic E-state index is 0.0745. The van der Waals surface area contributed by atoms with Crippen molar-refractivity contribution in [3.63, 3.8) is 0 Å². The third-order valence-electron chi connectivity index (χ3n) is 7.82. The summed E-state index contributed by atoms with van der Waals surface area (Å²) in [7, 11) is 5.11. The van der Waals surface area contributed by atoms with Crippen LogP contribution in [0, 0.1) is 0 Å². The van der Waals surface area contributed by atoms with Crippen LogP contribution in [0.2, 0.25) is 0 Å². The summed E-state index contributed by atoms with van der Waals surface area (Å²) < 4.78 is 0. The number of amides is 3. The van der Waals surface area contributed by atoms with Gasteiger partial charge in [-0.15, -0.1) is 11.3 Å². The van der Waals surface area contributed by atoms with Crippen LogP contribution in [0.5, 0.6) is 0 Å². The van der Waals surface area contributed by atoms with Crippen LogP contribution < -0.4 is 10.6 Å². The summed E-state index contributed by atoms with van der Waals surface area (Å²) in [6.07, 6.45) is 3.83. The lowest BCUT2D eigenvalue weighted by Gasteiger charge is -2.34. The van der Waals surface area contributed by atoms with Crippen molar-refractivity contribution < 1.29 is 19.5 Å². The number of thiophene rings is 1. The second-order valence-electron chi connectivity index (χ2n) is 11.8. The first-order valence-electron chi connectivity index (χ1n) is 14.9. The molecule has 9 heteroatoms. The van der Waals surface area contributed by atoms with Crippen molar-refractivity contribution in [3.05, 3.63) is 94.7 Å². The zero-order valence-electron chi connectivity index (χ0n) is 26.6. The Morgan fingerprint density at radius 3 is 2.16 bits per heavy atom. The Morgan fingerprint density at radius 1 is 0.909 bits per heavy atom. The molecule has 0 saturated heterocycles. The maximum Gasteiger partial charge on any atom is 0.246 e. The van der Waals surface area contributed by atoms with E-state index in [9.17, 15) is 19.5 Å². The lowest BCUT2D eigenvalue weighted by molar-refractivity contribution is -0.146. The molecule has 2 aromatic carbocycles. The Bertz CT molecular complexity index is 1370. The number of nitrogens with zero attached hydrogens (tertiary/aromatic N) is 2. The van der Waals surface area contributed by atoms with Gasteiger partial charge in [-0.3, -0.25) is 14.4 Å². The number of likely N-dealkylation sites (N-methyl/N-ethyl adjacent to an activating group) is 2. The lowest BCUT2D eigenvalue weighted by Crippen LogP contribution is -2.56. The molecular formula is C35H46N4O4S. The molecule has 0 unspecified atom stereocenters. The predicted octanol–water partition coefficient (Wildman–Crippen LogP) is 4.30. The highest BCUT2D eigenvalue weighted by Gasteiger charge is 2.35. The van der Waals surface area contributed by atoms with E-state index in [1.807, 2.05) is 99.1 Å². The van der Waals surface area contributed by atoms with Crippen LogP contribution in [0.15, 0.2) is 84.3 Å². The van der Waals surface area contributed by atoms with E-state index in [-0.39, 0.29) is 36.2 Å². The van der Waals surface area contributed by atoms with Crippen LogP contribution in [0.1, 0.15) is 37.6 Å². The summed E-state index contributed by atoms with van der Waals surface area (Å²) in [4.78, 5) is 44.8. The van der Waals surface area contributed by atoms with E-state index >= 15 is 0 Å². The second-order valence-corrected chi connectivity index (χ2v) is 12.8. The fourth-order valence-corrected chi connectivity index (χ4v) is 5.43. The van der Waals surface area contributed by atoms with Gasteiger partial charge in [-0.2, -0.15) is 0 Å². The average Bonchev–Trinajstić information content (AvgIpc) is 3.54. The van der Waals surface area contributed by atoms with Crippen LogP contribution in [0.25, 0.3) is 11.1 Å². The van der Waals surface area contributed by atoms with Gasteiger partial charge < -0.3 is 25.5 Å². The normalized spacial score (nSPS) is 13.7. The number of hydrogen-bond donors (Lipinski definition) is 3. The summed E-state index contributed by atoms with van der Waals surface area (Å²) in [6.45, 7) is 5.75. The fourth-order valence-electron chi connectivity index (χ4n) is 4.68. The summed E-state index contributed by atoms with van der Waals surface area (Å²) in [5.74, 6) is -0.993. The molecule has 3 rings (SSSR count). The smallest absolute Gasteiger partial charge is 0.246 e. The van der Waals surface area contributed by atoms with Gasteiger partial charge in [0.05, 0.1) is 6.10 Å². The van der Waals surface area contributed by atoms with Gasteiger partial charge >= 0.3 is 0 Å². The van der Waals surface area contributed by atoms with Gasteiger partial charge in [-0.25, -0.2) is 0 Å². The molecule has 3 amide bonds. The number of carbonyl (C=O) groups is 3. The number of benzene rings is 2. The number of carbonyl (C=O) groups excluding carboxylic acids is 3. The Hall–Kier alpha value is -3.79. The molecule has 0 fully saturated rings. The minimum atomic E-state index is -0.854. The molecule has 0 saturated carbocycles. The number of rotatable bonds is 15. The Kier molecular flexibility index (Phi) is 12.9. The molecule has 3 aromatic rings. The molecule has 1 aromatic heterocycles. The molecule has 0 aliphatic heterocycles. The summed E-state index contributed by atoms with van der Waals surface area (Å²) in [5.41, 5.74) is 2.86. The van der Waals surface area contributed by atoms with Gasteiger partial charge in [0, 0.05) is 43.9 Å². The summed E-state index contributed by atoms with van der Waals surface area (Å²) in [5, 5.41) is 17.7. The highest BCUT2D eigenvalue weighted by molar-refractivity contribution is 7.09. The molecule has 0 aliphatic carbocycles. The highest BCUT2D eigenvalue weighted by Crippen LogP contribution is 2.22. The zero-order valence-corrected chi connectivity index (χ0v) is 27.4. The molecule has 44 heavy (non-hydrogen) atoms. The van der Waals surface area contributed by atoms with Crippen molar-refractivity contribution in [2.45, 2.75) is 63.8 Å². The zero-order chi connectivity index (χ0) is 32.3. The first kappa shape index (κ1) is 34.7. The van der Waals surface area contributed by atoms with Crippen LogP contribution >= 0.6 is 11.3 Å². The van der Waals surface area contributed by atoms with Gasteiger partial charge in [0.15, 0.2) is 0 Å². The van der Waals surface area contributed by atoms with Crippen LogP contribution in [0.3, 0.4) is 0 Å². The molecule has 0 bridgehead atoms. The van der Waals surface area contributed by atoms with Gasteiger partial charge in [0.25, 0.3) is 0 Å². The van der Waals surface area contributed by atoms with E-state index in [4.69, 9.17) is 0 Å². The van der Waals surface area contributed by atoms with Crippen molar-refractivity contribution in [2.75, 3.05) is 27.7 Å². The van der Waals surface area contributed by atoms with E-state index in [0.29, 0.717) is 12.8 Å². The third-order valence-corrected chi connectivity index (χ3v) is 8.72. The first-order chi connectivity index (χ1) is 20.9.